The molecule has 1 aromatic rings. The van der Waals surface area contributed by atoms with Gasteiger partial charge in [0.25, 0.3) is 0 Å². The maximum Gasteiger partial charge on any atom is 0.240 e. The van der Waals surface area contributed by atoms with Gasteiger partial charge in [0.1, 0.15) is 0 Å². The number of anilines is 1. The van der Waals surface area contributed by atoms with Gasteiger partial charge >= 0.3 is 0 Å². The zero-order valence-corrected chi connectivity index (χ0v) is 11.1. The first-order valence-electron chi connectivity index (χ1n) is 4.93. The molecule has 1 amide bonds. The molecule has 0 saturated carbocycles. The minimum atomic E-state index is -0.151. The maximum absolute atomic E-state index is 11.8. The lowest BCUT2D eigenvalue weighted by Gasteiger charge is -2.22. The van der Waals surface area contributed by atoms with Gasteiger partial charge in [-0.25, -0.2) is 0 Å². The van der Waals surface area contributed by atoms with Crippen molar-refractivity contribution < 1.29 is 4.79 Å². The summed E-state index contributed by atoms with van der Waals surface area (Å²) in [5.74, 6) is 0.0763. The van der Waals surface area contributed by atoms with Crippen LogP contribution >= 0.6 is 15.9 Å². The van der Waals surface area contributed by atoms with Gasteiger partial charge in [-0.3, -0.25) is 4.79 Å². The van der Waals surface area contributed by atoms with Crippen LogP contribution in [0.3, 0.4) is 0 Å². The highest BCUT2D eigenvalue weighted by Gasteiger charge is 2.18. The Morgan fingerprint density at radius 3 is 2.20 bits per heavy atom. The van der Waals surface area contributed by atoms with Crippen LogP contribution in [-0.4, -0.2) is 17.8 Å². The third-order valence-corrected chi connectivity index (χ3v) is 2.84. The molecule has 0 aliphatic carbocycles. The molecule has 1 unspecified atom stereocenters. The second-order valence-electron chi connectivity index (χ2n) is 3.75. The molecule has 0 aliphatic rings. The van der Waals surface area contributed by atoms with Crippen molar-refractivity contribution in [3.8, 4) is 0 Å². The molecule has 0 N–H and O–H groups in total. The number of rotatable bonds is 2. The van der Waals surface area contributed by atoms with Crippen LogP contribution in [-0.2, 0) is 4.79 Å². The van der Waals surface area contributed by atoms with E-state index in [1.807, 2.05) is 46.0 Å². The second kappa shape index (κ2) is 4.79. The summed E-state index contributed by atoms with van der Waals surface area (Å²) in [6.07, 6.45) is 0. The number of benzene rings is 1. The van der Waals surface area contributed by atoms with Gasteiger partial charge in [-0.1, -0.05) is 34.1 Å². The lowest BCUT2D eigenvalue weighted by atomic mass is 10.1. The molecule has 1 atom stereocenters. The molecule has 0 fully saturated rings. The molecule has 2 nitrogen and oxygen atoms in total. The predicted molar refractivity (Wildman–Crippen MR) is 67.7 cm³/mol. The number of nitrogens with zero attached hydrogens (tertiary/aromatic N) is 1. The van der Waals surface area contributed by atoms with Crippen LogP contribution in [0.5, 0.6) is 0 Å². The summed E-state index contributed by atoms with van der Waals surface area (Å²) in [6, 6.07) is 6.04. The van der Waals surface area contributed by atoms with Crippen molar-refractivity contribution in [2.24, 2.45) is 0 Å². The van der Waals surface area contributed by atoms with E-state index >= 15 is 0 Å². The molecule has 0 saturated heterocycles. The Bertz CT molecular complexity index is 354. The summed E-state index contributed by atoms with van der Waals surface area (Å²) in [5.41, 5.74) is 3.26. The quantitative estimate of drug-likeness (QED) is 0.756. The fourth-order valence-corrected chi connectivity index (χ4v) is 2.02. The number of aryl methyl sites for hydroxylation is 2. The van der Waals surface area contributed by atoms with Gasteiger partial charge < -0.3 is 4.90 Å². The van der Waals surface area contributed by atoms with E-state index in [-0.39, 0.29) is 10.7 Å². The number of para-hydroxylation sites is 1. The zero-order chi connectivity index (χ0) is 11.6. The molecule has 0 spiro atoms. The normalized spacial score (nSPS) is 12.3. The maximum atomic E-state index is 11.8. The molecule has 0 aromatic heterocycles. The number of hydrogen-bond acceptors (Lipinski definition) is 1. The van der Waals surface area contributed by atoms with Crippen molar-refractivity contribution in [2.45, 2.75) is 25.6 Å². The number of carbonyl (C=O) groups excluding carboxylic acids is 1. The van der Waals surface area contributed by atoms with Gasteiger partial charge in [-0.15, -0.1) is 0 Å². The fraction of sp³-hybridized carbons (Fsp3) is 0.417. The summed E-state index contributed by atoms with van der Waals surface area (Å²) < 4.78 is 0. The lowest BCUT2D eigenvalue weighted by Crippen LogP contribution is -2.32. The van der Waals surface area contributed by atoms with Crippen LogP contribution in [0.1, 0.15) is 18.1 Å². The van der Waals surface area contributed by atoms with Gasteiger partial charge in [-0.2, -0.15) is 0 Å². The van der Waals surface area contributed by atoms with Gasteiger partial charge in [-0.05, 0) is 31.9 Å². The van der Waals surface area contributed by atoms with Crippen molar-refractivity contribution in [3.63, 3.8) is 0 Å². The number of carbonyl (C=O) groups is 1. The molecule has 15 heavy (non-hydrogen) atoms. The first-order chi connectivity index (χ1) is 6.95. The third-order valence-electron chi connectivity index (χ3n) is 2.45. The Kier molecular flexibility index (Phi) is 3.91. The van der Waals surface area contributed by atoms with Gasteiger partial charge in [0.2, 0.25) is 5.91 Å². The van der Waals surface area contributed by atoms with Crippen LogP contribution in [0.25, 0.3) is 0 Å². The van der Waals surface area contributed by atoms with E-state index in [1.165, 1.54) is 0 Å². The summed E-state index contributed by atoms with van der Waals surface area (Å²) in [7, 11) is 1.81. The van der Waals surface area contributed by atoms with Crippen molar-refractivity contribution >= 4 is 27.5 Å². The highest BCUT2D eigenvalue weighted by atomic mass is 79.9. The topological polar surface area (TPSA) is 20.3 Å². The molecule has 3 heteroatoms. The first-order valence-corrected chi connectivity index (χ1v) is 5.84. The molecular weight excluding hydrogens is 254 g/mol. The number of hydrogen-bond donors (Lipinski definition) is 0. The highest BCUT2D eigenvalue weighted by Crippen LogP contribution is 2.24. The van der Waals surface area contributed by atoms with Crippen molar-refractivity contribution in [2.75, 3.05) is 11.9 Å². The van der Waals surface area contributed by atoms with E-state index in [0.717, 1.165) is 16.8 Å². The number of amides is 1. The lowest BCUT2D eigenvalue weighted by molar-refractivity contribution is -0.117. The summed E-state index contributed by atoms with van der Waals surface area (Å²) in [5, 5.41) is 0. The van der Waals surface area contributed by atoms with Crippen LogP contribution in [0.15, 0.2) is 18.2 Å². The van der Waals surface area contributed by atoms with E-state index in [0.29, 0.717) is 0 Å². The Balaban J connectivity index is 3.11. The van der Waals surface area contributed by atoms with E-state index in [4.69, 9.17) is 0 Å². The molecule has 0 aliphatic heterocycles. The highest BCUT2D eigenvalue weighted by molar-refractivity contribution is 9.10. The molecule has 1 aromatic carbocycles. The van der Waals surface area contributed by atoms with Crippen LogP contribution in [0, 0.1) is 13.8 Å². The average molecular weight is 270 g/mol. The molecule has 0 bridgehead atoms. The van der Waals surface area contributed by atoms with Crippen molar-refractivity contribution in [1.82, 2.24) is 0 Å². The van der Waals surface area contributed by atoms with Crippen molar-refractivity contribution in [1.29, 1.82) is 0 Å². The summed E-state index contributed by atoms with van der Waals surface area (Å²) in [4.78, 5) is 13.4. The Labute approximate surface area is 99.4 Å². The smallest absolute Gasteiger partial charge is 0.240 e. The molecule has 82 valence electrons. The second-order valence-corrected chi connectivity index (χ2v) is 5.13. The van der Waals surface area contributed by atoms with Crippen LogP contribution in [0.2, 0.25) is 0 Å². The minimum absolute atomic E-state index is 0.0763. The standard InChI is InChI=1S/C12H16BrNO/c1-8-6-5-7-9(2)11(8)14(4)12(15)10(3)13/h5-7,10H,1-4H3. The third kappa shape index (κ3) is 2.59. The molecular formula is C12H16BrNO. The molecule has 0 radical (unpaired) electrons. The Morgan fingerprint density at radius 2 is 1.80 bits per heavy atom. The van der Waals surface area contributed by atoms with E-state index in [2.05, 4.69) is 15.9 Å². The van der Waals surface area contributed by atoms with E-state index in [9.17, 15) is 4.79 Å². The predicted octanol–water partition coefficient (Wildman–Crippen LogP) is 3.05. The van der Waals surface area contributed by atoms with Crippen LogP contribution in [0.4, 0.5) is 5.69 Å². The van der Waals surface area contributed by atoms with Crippen molar-refractivity contribution in [3.05, 3.63) is 29.3 Å². The van der Waals surface area contributed by atoms with E-state index in [1.54, 1.807) is 4.90 Å². The van der Waals surface area contributed by atoms with E-state index < -0.39 is 0 Å². The zero-order valence-electron chi connectivity index (χ0n) is 9.54. The Hall–Kier alpha value is -0.830. The summed E-state index contributed by atoms with van der Waals surface area (Å²) >= 11 is 3.30. The number of alkyl halides is 1. The monoisotopic (exact) mass is 269 g/mol. The van der Waals surface area contributed by atoms with Gasteiger partial charge in [0.15, 0.2) is 0 Å². The van der Waals surface area contributed by atoms with Gasteiger partial charge in [0.05, 0.1) is 4.83 Å². The molecule has 0 heterocycles. The Morgan fingerprint density at radius 1 is 1.33 bits per heavy atom. The number of halogens is 1. The van der Waals surface area contributed by atoms with Gasteiger partial charge in [0, 0.05) is 12.7 Å². The fourth-order valence-electron chi connectivity index (χ4n) is 1.71. The molecule has 1 rings (SSSR count). The first kappa shape index (κ1) is 12.2. The minimum Gasteiger partial charge on any atom is -0.314 e. The average Bonchev–Trinajstić information content (AvgIpc) is 2.15. The largest absolute Gasteiger partial charge is 0.314 e. The van der Waals surface area contributed by atoms with Crippen LogP contribution < -0.4 is 4.90 Å². The summed E-state index contributed by atoms with van der Waals surface area (Å²) in [6.45, 7) is 5.88. The SMILES string of the molecule is Cc1cccc(C)c1N(C)C(=O)C(C)Br.